The molecule has 108 valence electrons. The largest absolute Gasteiger partial charge is 0.358 e. The first-order valence-corrected chi connectivity index (χ1v) is 6.93. The van der Waals surface area contributed by atoms with E-state index in [4.69, 9.17) is 5.73 Å². The number of amides is 1. The van der Waals surface area contributed by atoms with Gasteiger partial charge in [-0.1, -0.05) is 0 Å². The lowest BCUT2D eigenvalue weighted by atomic mass is 9.79. The van der Waals surface area contributed by atoms with Crippen LogP contribution in [-0.4, -0.2) is 39.8 Å². The van der Waals surface area contributed by atoms with Crippen molar-refractivity contribution < 1.29 is 9.72 Å². The van der Waals surface area contributed by atoms with Gasteiger partial charge >= 0.3 is 5.82 Å². The fourth-order valence-electron chi connectivity index (χ4n) is 3.42. The molecule has 3 atom stereocenters. The van der Waals surface area contributed by atoms with Crippen molar-refractivity contribution in [2.24, 2.45) is 17.6 Å². The fourth-order valence-corrected chi connectivity index (χ4v) is 3.42. The van der Waals surface area contributed by atoms with E-state index in [1.54, 1.807) is 4.90 Å². The smallest absolute Gasteiger partial charge is 0.321 e. The van der Waals surface area contributed by atoms with Crippen LogP contribution in [0.25, 0.3) is 0 Å². The lowest BCUT2D eigenvalue weighted by Gasteiger charge is -2.27. The molecule has 2 heterocycles. The minimum Gasteiger partial charge on any atom is -0.358 e. The summed E-state index contributed by atoms with van der Waals surface area (Å²) in [5.74, 6) is 0.712. The maximum atomic E-state index is 12.3. The zero-order chi connectivity index (χ0) is 14.3. The number of H-pyrrole nitrogens is 1. The highest BCUT2D eigenvalue weighted by atomic mass is 16.6. The standard InChI is InChI=1S/C13H18N4O3/c14-10-2-1-8-6-16(7-9(8)5-10)13(18)11-3-4-12(15-11)17(19)20/h3-4,8-10,15H,1-2,5-7,14H2/t8-,9+,10?/m1/s1. The molecule has 2 fully saturated rings. The van der Waals surface area contributed by atoms with Crippen molar-refractivity contribution in [2.45, 2.75) is 25.3 Å². The van der Waals surface area contributed by atoms with Gasteiger partial charge in [0.1, 0.15) is 0 Å². The number of aromatic amines is 1. The normalized spacial score (nSPS) is 29.2. The van der Waals surface area contributed by atoms with Gasteiger partial charge in [0.25, 0.3) is 5.91 Å². The molecule has 1 aliphatic carbocycles. The van der Waals surface area contributed by atoms with Crippen LogP contribution in [0.15, 0.2) is 12.1 Å². The van der Waals surface area contributed by atoms with Crippen molar-refractivity contribution in [3.63, 3.8) is 0 Å². The van der Waals surface area contributed by atoms with Gasteiger partial charge in [-0.2, -0.15) is 0 Å². The van der Waals surface area contributed by atoms with E-state index < -0.39 is 4.92 Å². The van der Waals surface area contributed by atoms with Crippen LogP contribution in [0.2, 0.25) is 0 Å². The summed E-state index contributed by atoms with van der Waals surface area (Å²) in [4.78, 5) is 26.8. The summed E-state index contributed by atoms with van der Waals surface area (Å²) in [5.41, 5.74) is 6.27. The van der Waals surface area contributed by atoms with Gasteiger partial charge in [0.15, 0.2) is 5.69 Å². The molecule has 7 heteroatoms. The van der Waals surface area contributed by atoms with E-state index in [2.05, 4.69) is 4.98 Å². The first-order valence-electron chi connectivity index (χ1n) is 6.93. The highest BCUT2D eigenvalue weighted by Gasteiger charge is 2.39. The number of nitrogens with zero attached hydrogens (tertiary/aromatic N) is 2. The molecule has 1 amide bonds. The number of nitro groups is 1. The molecule has 1 aliphatic heterocycles. The predicted octanol–water partition coefficient (Wildman–Crippen LogP) is 1.12. The van der Waals surface area contributed by atoms with Crippen molar-refractivity contribution in [3.8, 4) is 0 Å². The topological polar surface area (TPSA) is 105 Å². The number of rotatable bonds is 2. The summed E-state index contributed by atoms with van der Waals surface area (Å²) in [7, 11) is 0. The van der Waals surface area contributed by atoms with Crippen LogP contribution in [0.1, 0.15) is 29.8 Å². The average Bonchev–Trinajstić information content (AvgIpc) is 3.03. The molecule has 1 aromatic rings. The molecule has 0 bridgehead atoms. The van der Waals surface area contributed by atoms with E-state index in [0.717, 1.165) is 25.8 Å². The van der Waals surface area contributed by atoms with Gasteiger partial charge in [-0.3, -0.25) is 4.79 Å². The number of likely N-dealkylation sites (tertiary alicyclic amines) is 1. The van der Waals surface area contributed by atoms with Gasteiger partial charge in [-0.15, -0.1) is 0 Å². The van der Waals surface area contributed by atoms with Gasteiger partial charge < -0.3 is 20.7 Å². The fraction of sp³-hybridized carbons (Fsp3) is 0.615. The van der Waals surface area contributed by atoms with Gasteiger partial charge in [0.05, 0.1) is 0 Å². The van der Waals surface area contributed by atoms with E-state index in [0.29, 0.717) is 24.1 Å². The Hall–Kier alpha value is -1.89. The Balaban J connectivity index is 1.70. The van der Waals surface area contributed by atoms with Crippen LogP contribution in [-0.2, 0) is 0 Å². The highest BCUT2D eigenvalue weighted by Crippen LogP contribution is 2.36. The Kier molecular flexibility index (Phi) is 3.21. The molecule has 2 aliphatic rings. The number of hydrogen-bond donors (Lipinski definition) is 2. The third-order valence-corrected chi connectivity index (χ3v) is 4.48. The molecular weight excluding hydrogens is 260 g/mol. The average molecular weight is 278 g/mol. The number of aromatic nitrogens is 1. The number of nitrogens with two attached hydrogens (primary N) is 1. The summed E-state index contributed by atoms with van der Waals surface area (Å²) < 4.78 is 0. The second-order valence-electron chi connectivity index (χ2n) is 5.82. The summed E-state index contributed by atoms with van der Waals surface area (Å²) in [6, 6.07) is 3.05. The third-order valence-electron chi connectivity index (χ3n) is 4.48. The number of nitrogens with one attached hydrogen (secondary N) is 1. The maximum absolute atomic E-state index is 12.3. The van der Waals surface area contributed by atoms with Crippen LogP contribution >= 0.6 is 0 Å². The second kappa shape index (κ2) is 4.90. The van der Waals surface area contributed by atoms with E-state index in [1.165, 1.54) is 12.1 Å². The van der Waals surface area contributed by atoms with Crippen molar-refractivity contribution >= 4 is 11.7 Å². The molecule has 7 nitrogen and oxygen atoms in total. The van der Waals surface area contributed by atoms with Crippen LogP contribution in [0.3, 0.4) is 0 Å². The van der Waals surface area contributed by atoms with Crippen LogP contribution < -0.4 is 5.73 Å². The Morgan fingerprint density at radius 3 is 2.80 bits per heavy atom. The Labute approximate surface area is 116 Å². The van der Waals surface area contributed by atoms with Crippen LogP contribution in [0.4, 0.5) is 5.82 Å². The van der Waals surface area contributed by atoms with Gasteiger partial charge in [0.2, 0.25) is 0 Å². The van der Waals surface area contributed by atoms with Gasteiger partial charge in [0, 0.05) is 25.2 Å². The van der Waals surface area contributed by atoms with Crippen molar-refractivity contribution in [3.05, 3.63) is 27.9 Å². The first kappa shape index (κ1) is 13.1. The molecule has 20 heavy (non-hydrogen) atoms. The molecule has 0 aromatic carbocycles. The lowest BCUT2D eigenvalue weighted by Crippen LogP contribution is -2.32. The molecule has 1 unspecified atom stereocenters. The number of carbonyl (C=O) groups excluding carboxylic acids is 1. The molecular formula is C13H18N4O3. The van der Waals surface area contributed by atoms with Crippen molar-refractivity contribution in [1.82, 2.24) is 9.88 Å². The molecule has 1 saturated carbocycles. The SMILES string of the molecule is NC1CC[C@@H]2CN(C(=O)c3ccc([N+](=O)[O-])[nH]3)C[C@@H]2C1. The monoisotopic (exact) mass is 278 g/mol. The van der Waals surface area contributed by atoms with E-state index in [-0.39, 0.29) is 17.8 Å². The summed E-state index contributed by atoms with van der Waals surface area (Å²) in [5, 5.41) is 10.6. The molecule has 1 saturated heterocycles. The summed E-state index contributed by atoms with van der Waals surface area (Å²) in [6.45, 7) is 1.45. The zero-order valence-corrected chi connectivity index (χ0v) is 11.1. The van der Waals surface area contributed by atoms with Gasteiger partial charge in [-0.05, 0) is 42.1 Å². The van der Waals surface area contributed by atoms with Gasteiger partial charge in [-0.25, -0.2) is 4.98 Å². The minimum absolute atomic E-state index is 0.146. The number of hydrogen-bond acceptors (Lipinski definition) is 4. The second-order valence-corrected chi connectivity index (χ2v) is 5.82. The third kappa shape index (κ3) is 2.29. The Bertz CT molecular complexity index is 541. The van der Waals surface area contributed by atoms with Crippen LogP contribution in [0, 0.1) is 22.0 Å². The number of carbonyl (C=O) groups is 1. The molecule has 0 spiro atoms. The number of fused-ring (bicyclic) bond motifs is 1. The minimum atomic E-state index is -0.528. The Morgan fingerprint density at radius 1 is 1.35 bits per heavy atom. The molecule has 3 N–H and O–H groups in total. The Morgan fingerprint density at radius 2 is 2.10 bits per heavy atom. The van der Waals surface area contributed by atoms with E-state index in [1.807, 2.05) is 0 Å². The first-order chi connectivity index (χ1) is 9.54. The quantitative estimate of drug-likeness (QED) is 0.624. The molecule has 0 radical (unpaired) electrons. The van der Waals surface area contributed by atoms with Crippen LogP contribution in [0.5, 0.6) is 0 Å². The molecule has 3 rings (SSSR count). The maximum Gasteiger partial charge on any atom is 0.321 e. The lowest BCUT2D eigenvalue weighted by molar-refractivity contribution is -0.389. The van der Waals surface area contributed by atoms with E-state index in [9.17, 15) is 14.9 Å². The zero-order valence-electron chi connectivity index (χ0n) is 11.1. The summed E-state index contributed by atoms with van der Waals surface area (Å²) in [6.07, 6.45) is 3.07. The van der Waals surface area contributed by atoms with Crippen molar-refractivity contribution in [2.75, 3.05) is 13.1 Å². The molecule has 1 aromatic heterocycles. The van der Waals surface area contributed by atoms with E-state index >= 15 is 0 Å². The predicted molar refractivity (Wildman–Crippen MR) is 72.2 cm³/mol. The summed E-state index contributed by atoms with van der Waals surface area (Å²) >= 11 is 0. The highest BCUT2D eigenvalue weighted by molar-refractivity contribution is 5.93. The van der Waals surface area contributed by atoms with Crippen molar-refractivity contribution in [1.29, 1.82) is 0 Å².